The molecular formula is C11H21N3O. The van der Waals surface area contributed by atoms with Gasteiger partial charge in [0, 0.05) is 12.6 Å². The molecule has 2 saturated heterocycles. The molecule has 4 nitrogen and oxygen atoms in total. The zero-order valence-electron chi connectivity index (χ0n) is 9.22. The molecule has 0 spiro atoms. The Balaban J connectivity index is 1.74. The SMILES string of the molecule is O=C(N[C@@H]1CCCNC1)[C@@H]1CCCCN1. The lowest BCUT2D eigenvalue weighted by Gasteiger charge is -2.28. The van der Waals surface area contributed by atoms with Crippen molar-refractivity contribution in [1.29, 1.82) is 0 Å². The number of hydrogen-bond acceptors (Lipinski definition) is 3. The molecule has 2 rings (SSSR count). The third-order valence-electron chi connectivity index (χ3n) is 3.27. The van der Waals surface area contributed by atoms with Gasteiger partial charge in [-0.3, -0.25) is 4.79 Å². The number of amides is 1. The van der Waals surface area contributed by atoms with Crippen LogP contribution in [0.3, 0.4) is 0 Å². The van der Waals surface area contributed by atoms with Crippen molar-refractivity contribution >= 4 is 5.91 Å². The summed E-state index contributed by atoms with van der Waals surface area (Å²) < 4.78 is 0. The first-order chi connectivity index (χ1) is 7.36. The molecule has 2 aliphatic heterocycles. The summed E-state index contributed by atoms with van der Waals surface area (Å²) in [4.78, 5) is 11.9. The van der Waals surface area contributed by atoms with Crippen LogP contribution < -0.4 is 16.0 Å². The molecule has 1 amide bonds. The van der Waals surface area contributed by atoms with E-state index in [2.05, 4.69) is 16.0 Å². The lowest BCUT2D eigenvalue weighted by Crippen LogP contribution is -2.53. The summed E-state index contributed by atoms with van der Waals surface area (Å²) in [6, 6.07) is 0.399. The van der Waals surface area contributed by atoms with Crippen molar-refractivity contribution in [2.75, 3.05) is 19.6 Å². The molecular weight excluding hydrogens is 190 g/mol. The summed E-state index contributed by atoms with van der Waals surface area (Å²) in [5.74, 6) is 0.198. The lowest BCUT2D eigenvalue weighted by molar-refractivity contribution is -0.124. The minimum absolute atomic E-state index is 0.0562. The number of carbonyl (C=O) groups is 1. The highest BCUT2D eigenvalue weighted by Gasteiger charge is 2.23. The summed E-state index contributed by atoms with van der Waals surface area (Å²) in [6.07, 6.45) is 5.66. The van der Waals surface area contributed by atoms with E-state index in [1.54, 1.807) is 0 Å². The van der Waals surface area contributed by atoms with Crippen LogP contribution in [-0.4, -0.2) is 37.6 Å². The molecule has 0 aromatic heterocycles. The Labute approximate surface area is 91.2 Å². The van der Waals surface area contributed by atoms with Crippen LogP contribution in [-0.2, 0) is 4.79 Å². The van der Waals surface area contributed by atoms with E-state index in [-0.39, 0.29) is 11.9 Å². The molecule has 2 fully saturated rings. The van der Waals surface area contributed by atoms with Crippen LogP contribution in [0.5, 0.6) is 0 Å². The Morgan fingerprint density at radius 2 is 2.07 bits per heavy atom. The lowest BCUT2D eigenvalue weighted by atomic mass is 10.0. The predicted octanol–water partition coefficient (Wildman–Crippen LogP) is -0.00330. The van der Waals surface area contributed by atoms with Gasteiger partial charge in [-0.05, 0) is 38.8 Å². The average molecular weight is 211 g/mol. The summed E-state index contributed by atoms with van der Waals surface area (Å²) in [6.45, 7) is 3.01. The summed E-state index contributed by atoms with van der Waals surface area (Å²) in [5, 5.41) is 9.71. The van der Waals surface area contributed by atoms with E-state index in [0.29, 0.717) is 6.04 Å². The number of hydrogen-bond donors (Lipinski definition) is 3. The number of carbonyl (C=O) groups excluding carboxylic acids is 1. The smallest absolute Gasteiger partial charge is 0.237 e. The van der Waals surface area contributed by atoms with Gasteiger partial charge in [-0.15, -0.1) is 0 Å². The van der Waals surface area contributed by atoms with E-state index in [9.17, 15) is 4.79 Å². The van der Waals surface area contributed by atoms with E-state index in [4.69, 9.17) is 0 Å². The van der Waals surface area contributed by atoms with Gasteiger partial charge in [0.05, 0.1) is 6.04 Å². The third-order valence-corrected chi connectivity index (χ3v) is 3.27. The van der Waals surface area contributed by atoms with Crippen LogP contribution in [0.25, 0.3) is 0 Å². The van der Waals surface area contributed by atoms with Gasteiger partial charge in [0.2, 0.25) is 5.91 Å². The van der Waals surface area contributed by atoms with Crippen LogP contribution in [0.4, 0.5) is 0 Å². The standard InChI is InChI=1S/C11H21N3O/c15-11(10-5-1-2-7-13-10)14-9-4-3-6-12-8-9/h9-10,12-13H,1-8H2,(H,14,15)/t9-,10+/m1/s1. The van der Waals surface area contributed by atoms with Crippen molar-refractivity contribution in [2.24, 2.45) is 0 Å². The van der Waals surface area contributed by atoms with Gasteiger partial charge in [-0.25, -0.2) is 0 Å². The van der Waals surface area contributed by atoms with E-state index in [1.807, 2.05) is 0 Å². The summed E-state index contributed by atoms with van der Waals surface area (Å²) >= 11 is 0. The van der Waals surface area contributed by atoms with Crippen molar-refractivity contribution < 1.29 is 4.79 Å². The topological polar surface area (TPSA) is 53.2 Å². The fourth-order valence-corrected chi connectivity index (χ4v) is 2.35. The van der Waals surface area contributed by atoms with E-state index >= 15 is 0 Å². The maximum Gasteiger partial charge on any atom is 0.237 e. The van der Waals surface area contributed by atoms with Crippen molar-refractivity contribution in [3.8, 4) is 0 Å². The molecule has 0 aromatic rings. The largest absolute Gasteiger partial charge is 0.351 e. The minimum atomic E-state index is 0.0562. The van der Waals surface area contributed by atoms with Crippen LogP contribution in [0.2, 0.25) is 0 Å². The predicted molar refractivity (Wildman–Crippen MR) is 59.7 cm³/mol. The zero-order chi connectivity index (χ0) is 10.5. The average Bonchev–Trinajstić information content (AvgIpc) is 2.31. The summed E-state index contributed by atoms with van der Waals surface area (Å²) in [7, 11) is 0. The fourth-order valence-electron chi connectivity index (χ4n) is 2.35. The number of rotatable bonds is 2. The normalized spacial score (nSPS) is 32.3. The third kappa shape index (κ3) is 3.18. The first-order valence-corrected chi connectivity index (χ1v) is 6.11. The number of piperidine rings is 2. The van der Waals surface area contributed by atoms with Gasteiger partial charge in [-0.2, -0.15) is 0 Å². The van der Waals surface area contributed by atoms with Gasteiger partial charge >= 0.3 is 0 Å². The second-order valence-corrected chi connectivity index (χ2v) is 4.55. The first-order valence-electron chi connectivity index (χ1n) is 6.11. The monoisotopic (exact) mass is 211 g/mol. The van der Waals surface area contributed by atoms with Crippen molar-refractivity contribution in [2.45, 2.75) is 44.2 Å². The number of nitrogens with one attached hydrogen (secondary N) is 3. The molecule has 2 atom stereocenters. The Bertz CT molecular complexity index is 208. The Hall–Kier alpha value is -0.610. The van der Waals surface area contributed by atoms with Gasteiger partial charge in [0.15, 0.2) is 0 Å². The van der Waals surface area contributed by atoms with Gasteiger partial charge in [-0.1, -0.05) is 6.42 Å². The van der Waals surface area contributed by atoms with Crippen LogP contribution in [0, 0.1) is 0 Å². The van der Waals surface area contributed by atoms with Crippen LogP contribution >= 0.6 is 0 Å². The molecule has 3 N–H and O–H groups in total. The maximum absolute atomic E-state index is 11.9. The zero-order valence-corrected chi connectivity index (χ0v) is 9.22. The highest BCUT2D eigenvalue weighted by Crippen LogP contribution is 2.08. The molecule has 0 aromatic carbocycles. The fraction of sp³-hybridized carbons (Fsp3) is 0.909. The molecule has 2 heterocycles. The van der Waals surface area contributed by atoms with Crippen molar-refractivity contribution in [3.63, 3.8) is 0 Å². The molecule has 4 heteroatoms. The quantitative estimate of drug-likeness (QED) is 0.602. The Morgan fingerprint density at radius 3 is 2.73 bits per heavy atom. The second kappa shape index (κ2) is 5.47. The molecule has 0 radical (unpaired) electrons. The molecule has 0 bridgehead atoms. The van der Waals surface area contributed by atoms with Crippen LogP contribution in [0.15, 0.2) is 0 Å². The van der Waals surface area contributed by atoms with Gasteiger partial charge < -0.3 is 16.0 Å². The Kier molecular flexibility index (Phi) is 3.97. The van der Waals surface area contributed by atoms with Gasteiger partial charge in [0.25, 0.3) is 0 Å². The van der Waals surface area contributed by atoms with Crippen LogP contribution in [0.1, 0.15) is 32.1 Å². The van der Waals surface area contributed by atoms with Crippen molar-refractivity contribution in [3.05, 3.63) is 0 Å². The molecule has 0 unspecified atom stereocenters. The first kappa shape index (κ1) is 10.9. The molecule has 0 saturated carbocycles. The Morgan fingerprint density at radius 1 is 1.13 bits per heavy atom. The molecule has 2 aliphatic rings. The molecule has 0 aliphatic carbocycles. The second-order valence-electron chi connectivity index (χ2n) is 4.55. The molecule has 86 valence electrons. The highest BCUT2D eigenvalue weighted by atomic mass is 16.2. The maximum atomic E-state index is 11.9. The van der Waals surface area contributed by atoms with E-state index < -0.39 is 0 Å². The van der Waals surface area contributed by atoms with Crippen molar-refractivity contribution in [1.82, 2.24) is 16.0 Å². The molecule has 15 heavy (non-hydrogen) atoms. The van der Waals surface area contributed by atoms with E-state index in [0.717, 1.165) is 32.5 Å². The van der Waals surface area contributed by atoms with Gasteiger partial charge in [0.1, 0.15) is 0 Å². The summed E-state index contributed by atoms with van der Waals surface area (Å²) in [5.41, 5.74) is 0. The van der Waals surface area contributed by atoms with E-state index in [1.165, 1.54) is 19.3 Å². The highest BCUT2D eigenvalue weighted by molar-refractivity contribution is 5.82. The minimum Gasteiger partial charge on any atom is -0.351 e.